The third-order valence-electron chi connectivity index (χ3n) is 4.60. The predicted octanol–water partition coefficient (Wildman–Crippen LogP) is 1.48. The topological polar surface area (TPSA) is 61.2 Å². The van der Waals surface area contributed by atoms with Crippen LogP contribution in [0.4, 0.5) is 4.79 Å². The maximum atomic E-state index is 12.8. The van der Waals surface area contributed by atoms with Crippen LogP contribution in [0.25, 0.3) is 5.65 Å². The summed E-state index contributed by atoms with van der Waals surface area (Å²) in [6.07, 6.45) is 4.09. The second kappa shape index (κ2) is 6.38. The first-order valence-electron chi connectivity index (χ1n) is 8.47. The van der Waals surface area contributed by atoms with Gasteiger partial charge in [-0.2, -0.15) is 0 Å². The van der Waals surface area contributed by atoms with E-state index in [-0.39, 0.29) is 18.4 Å². The Kier molecular flexibility index (Phi) is 4.41. The fourth-order valence-electron chi connectivity index (χ4n) is 3.39. The van der Waals surface area contributed by atoms with Gasteiger partial charge < -0.3 is 19.1 Å². The standard InChI is InChI=1S/C18H25N5O2/c1-18(2)13-22(17(25)20(3)4)9-10-23(18)16(24)11-14-12-21-8-6-5-7-15(21)19-14/h5-8,12H,9-11,13H2,1-4H3. The summed E-state index contributed by atoms with van der Waals surface area (Å²) in [5, 5.41) is 0. The minimum absolute atomic E-state index is 0.0134. The Morgan fingerprint density at radius 1 is 1.24 bits per heavy atom. The predicted molar refractivity (Wildman–Crippen MR) is 95.3 cm³/mol. The lowest BCUT2D eigenvalue weighted by atomic mass is 9.98. The highest BCUT2D eigenvalue weighted by molar-refractivity contribution is 5.80. The molecule has 25 heavy (non-hydrogen) atoms. The van der Waals surface area contributed by atoms with Crippen molar-refractivity contribution in [3.63, 3.8) is 0 Å². The van der Waals surface area contributed by atoms with Crippen LogP contribution in [0.2, 0.25) is 0 Å². The minimum Gasteiger partial charge on any atom is -0.334 e. The van der Waals surface area contributed by atoms with Crippen molar-refractivity contribution in [1.29, 1.82) is 0 Å². The van der Waals surface area contributed by atoms with Crippen LogP contribution in [0.5, 0.6) is 0 Å². The molecule has 3 amide bonds. The molecule has 0 spiro atoms. The molecule has 134 valence electrons. The average molecular weight is 343 g/mol. The largest absolute Gasteiger partial charge is 0.334 e. The summed E-state index contributed by atoms with van der Waals surface area (Å²) >= 11 is 0. The van der Waals surface area contributed by atoms with Crippen molar-refractivity contribution >= 4 is 17.6 Å². The Bertz CT molecular complexity index is 763. The lowest BCUT2D eigenvalue weighted by Gasteiger charge is -2.47. The Hall–Kier alpha value is -2.57. The number of urea groups is 1. The first-order valence-corrected chi connectivity index (χ1v) is 8.47. The number of fused-ring (bicyclic) bond motifs is 1. The van der Waals surface area contributed by atoms with Crippen LogP contribution in [-0.4, -0.2) is 75.3 Å². The van der Waals surface area contributed by atoms with Crippen molar-refractivity contribution in [1.82, 2.24) is 24.1 Å². The van der Waals surface area contributed by atoms with Crippen LogP contribution < -0.4 is 0 Å². The molecule has 1 aliphatic heterocycles. The molecular weight excluding hydrogens is 318 g/mol. The number of piperazine rings is 1. The molecule has 0 saturated carbocycles. The number of carbonyl (C=O) groups is 2. The van der Waals surface area contributed by atoms with Gasteiger partial charge >= 0.3 is 6.03 Å². The maximum Gasteiger partial charge on any atom is 0.319 e. The van der Waals surface area contributed by atoms with Gasteiger partial charge in [-0.1, -0.05) is 6.07 Å². The van der Waals surface area contributed by atoms with Crippen LogP contribution in [0.3, 0.4) is 0 Å². The lowest BCUT2D eigenvalue weighted by Crippen LogP contribution is -2.63. The Morgan fingerprint density at radius 3 is 2.64 bits per heavy atom. The molecule has 0 atom stereocenters. The minimum atomic E-state index is -0.403. The normalized spacial score (nSPS) is 17.0. The molecule has 1 saturated heterocycles. The molecule has 0 aliphatic carbocycles. The van der Waals surface area contributed by atoms with Crippen LogP contribution in [0.15, 0.2) is 30.6 Å². The van der Waals surface area contributed by atoms with Gasteiger partial charge in [0.05, 0.1) is 17.7 Å². The summed E-state index contributed by atoms with van der Waals surface area (Å²) in [5.41, 5.74) is 1.20. The van der Waals surface area contributed by atoms with Gasteiger partial charge in [0, 0.05) is 46.1 Å². The highest BCUT2D eigenvalue weighted by atomic mass is 16.2. The number of amides is 3. The van der Waals surface area contributed by atoms with Gasteiger partial charge in [-0.3, -0.25) is 4.79 Å². The summed E-state index contributed by atoms with van der Waals surface area (Å²) < 4.78 is 1.92. The highest BCUT2D eigenvalue weighted by Crippen LogP contribution is 2.23. The van der Waals surface area contributed by atoms with Gasteiger partial charge in [-0.25, -0.2) is 9.78 Å². The second-order valence-electron chi connectivity index (χ2n) is 7.33. The summed E-state index contributed by atoms with van der Waals surface area (Å²) in [6.45, 7) is 5.63. The van der Waals surface area contributed by atoms with Gasteiger partial charge in [0.1, 0.15) is 5.65 Å². The zero-order valence-corrected chi connectivity index (χ0v) is 15.3. The molecule has 0 radical (unpaired) electrons. The van der Waals surface area contributed by atoms with Crippen LogP contribution in [-0.2, 0) is 11.2 Å². The van der Waals surface area contributed by atoms with Crippen molar-refractivity contribution < 1.29 is 9.59 Å². The van der Waals surface area contributed by atoms with Gasteiger partial charge in [-0.05, 0) is 26.0 Å². The van der Waals surface area contributed by atoms with Gasteiger partial charge in [-0.15, -0.1) is 0 Å². The third-order valence-corrected chi connectivity index (χ3v) is 4.60. The molecule has 0 aromatic carbocycles. The van der Waals surface area contributed by atoms with Gasteiger partial charge in [0.15, 0.2) is 0 Å². The van der Waals surface area contributed by atoms with E-state index < -0.39 is 5.54 Å². The lowest BCUT2D eigenvalue weighted by molar-refractivity contribution is -0.139. The van der Waals surface area contributed by atoms with E-state index >= 15 is 0 Å². The Morgan fingerprint density at radius 2 is 2.00 bits per heavy atom. The maximum absolute atomic E-state index is 12.8. The van der Waals surface area contributed by atoms with E-state index in [1.54, 1.807) is 23.9 Å². The number of rotatable bonds is 2. The van der Waals surface area contributed by atoms with Crippen LogP contribution in [0, 0.1) is 0 Å². The number of carbonyl (C=O) groups excluding carboxylic acids is 2. The quantitative estimate of drug-likeness (QED) is 0.830. The molecule has 7 nitrogen and oxygen atoms in total. The van der Waals surface area contributed by atoms with Crippen molar-refractivity contribution in [3.8, 4) is 0 Å². The van der Waals surface area contributed by atoms with Gasteiger partial charge in [0.25, 0.3) is 0 Å². The summed E-state index contributed by atoms with van der Waals surface area (Å²) in [7, 11) is 3.49. The SMILES string of the molecule is CN(C)C(=O)N1CCN(C(=O)Cc2cn3ccccc3n2)C(C)(C)C1. The molecule has 2 aromatic heterocycles. The summed E-state index contributed by atoms with van der Waals surface area (Å²) in [6, 6.07) is 5.77. The van der Waals surface area contributed by atoms with Crippen LogP contribution >= 0.6 is 0 Å². The van der Waals surface area contributed by atoms with Crippen molar-refractivity contribution in [3.05, 3.63) is 36.3 Å². The zero-order valence-electron chi connectivity index (χ0n) is 15.3. The van der Waals surface area contributed by atoms with Crippen molar-refractivity contribution in [2.75, 3.05) is 33.7 Å². The fourth-order valence-corrected chi connectivity index (χ4v) is 3.39. The third kappa shape index (κ3) is 3.45. The number of hydrogen-bond donors (Lipinski definition) is 0. The number of pyridine rings is 1. The molecule has 1 fully saturated rings. The van der Waals surface area contributed by atoms with Crippen molar-refractivity contribution in [2.24, 2.45) is 0 Å². The molecule has 0 N–H and O–H groups in total. The Balaban J connectivity index is 1.70. The molecule has 3 rings (SSSR count). The monoisotopic (exact) mass is 343 g/mol. The smallest absolute Gasteiger partial charge is 0.319 e. The molecule has 7 heteroatoms. The molecular formula is C18H25N5O2. The summed E-state index contributed by atoms with van der Waals surface area (Å²) in [5.74, 6) is 0.0466. The molecule has 2 aromatic rings. The zero-order chi connectivity index (χ0) is 18.2. The molecule has 0 unspecified atom stereocenters. The van der Waals surface area contributed by atoms with Gasteiger partial charge in [0.2, 0.25) is 5.91 Å². The summed E-state index contributed by atoms with van der Waals surface area (Å²) in [4.78, 5) is 34.8. The number of aromatic nitrogens is 2. The fraction of sp³-hybridized carbons (Fsp3) is 0.500. The molecule has 1 aliphatic rings. The highest BCUT2D eigenvalue weighted by Gasteiger charge is 2.38. The van der Waals surface area contributed by atoms with E-state index in [4.69, 9.17) is 0 Å². The second-order valence-corrected chi connectivity index (χ2v) is 7.33. The Labute approximate surface area is 147 Å². The van der Waals surface area contributed by atoms with E-state index in [2.05, 4.69) is 4.98 Å². The first-order chi connectivity index (χ1) is 11.8. The van der Waals surface area contributed by atoms with E-state index in [1.807, 2.05) is 53.7 Å². The number of hydrogen-bond acceptors (Lipinski definition) is 3. The molecule has 3 heterocycles. The van der Waals surface area contributed by atoms with E-state index in [0.717, 1.165) is 11.3 Å². The average Bonchev–Trinajstić information content (AvgIpc) is 2.94. The number of imidazole rings is 1. The van der Waals surface area contributed by atoms with E-state index in [0.29, 0.717) is 19.6 Å². The molecule has 0 bridgehead atoms. The van der Waals surface area contributed by atoms with Crippen molar-refractivity contribution in [2.45, 2.75) is 25.8 Å². The number of nitrogens with zero attached hydrogens (tertiary/aromatic N) is 5. The van der Waals surface area contributed by atoms with Crippen LogP contribution in [0.1, 0.15) is 19.5 Å². The van der Waals surface area contributed by atoms with E-state index in [9.17, 15) is 9.59 Å². The van der Waals surface area contributed by atoms with E-state index in [1.165, 1.54) is 0 Å². The first kappa shape index (κ1) is 17.3.